The summed E-state index contributed by atoms with van der Waals surface area (Å²) in [7, 11) is 0. The number of hydrogen-bond acceptors (Lipinski definition) is 2. The van der Waals surface area contributed by atoms with E-state index >= 15 is 0 Å². The van der Waals surface area contributed by atoms with Crippen LogP contribution < -0.4 is 5.32 Å². The van der Waals surface area contributed by atoms with Gasteiger partial charge in [0.15, 0.2) is 0 Å². The molecule has 20 heavy (non-hydrogen) atoms. The molecular formula is C16H19NO3. The zero-order valence-corrected chi connectivity index (χ0v) is 11.3. The number of aliphatic carboxylic acids is 1. The number of rotatable bonds is 6. The van der Waals surface area contributed by atoms with Crippen LogP contribution in [0.2, 0.25) is 0 Å². The van der Waals surface area contributed by atoms with Crippen molar-refractivity contribution in [3.8, 4) is 0 Å². The Morgan fingerprint density at radius 2 is 1.90 bits per heavy atom. The van der Waals surface area contributed by atoms with Gasteiger partial charge in [0, 0.05) is 6.04 Å². The van der Waals surface area contributed by atoms with E-state index < -0.39 is 11.9 Å². The van der Waals surface area contributed by atoms with E-state index in [0.717, 1.165) is 19.3 Å². The Kier molecular flexibility index (Phi) is 3.47. The molecule has 2 aliphatic rings. The summed E-state index contributed by atoms with van der Waals surface area (Å²) in [5.74, 6) is -1.15. The van der Waals surface area contributed by atoms with Gasteiger partial charge in [0.1, 0.15) is 0 Å². The Hall–Kier alpha value is -1.84. The molecule has 0 spiro atoms. The van der Waals surface area contributed by atoms with E-state index in [1.54, 1.807) is 0 Å². The van der Waals surface area contributed by atoms with E-state index in [2.05, 4.69) is 17.4 Å². The normalized spacial score (nSPS) is 25.8. The molecule has 0 bridgehead atoms. The Bertz CT molecular complexity index is 510. The van der Waals surface area contributed by atoms with Gasteiger partial charge in [-0.15, -0.1) is 0 Å². The topological polar surface area (TPSA) is 66.4 Å². The maximum absolute atomic E-state index is 12.1. The molecule has 0 aliphatic heterocycles. The van der Waals surface area contributed by atoms with Crippen molar-refractivity contribution < 1.29 is 14.7 Å². The highest BCUT2D eigenvalue weighted by Crippen LogP contribution is 2.40. The van der Waals surface area contributed by atoms with Gasteiger partial charge in [0.2, 0.25) is 5.91 Å². The molecule has 0 radical (unpaired) electrons. The monoisotopic (exact) mass is 273 g/mol. The largest absolute Gasteiger partial charge is 0.481 e. The summed E-state index contributed by atoms with van der Waals surface area (Å²) in [6.45, 7) is 0. The molecule has 4 nitrogen and oxygen atoms in total. The van der Waals surface area contributed by atoms with Crippen LogP contribution >= 0.6 is 0 Å². The lowest BCUT2D eigenvalue weighted by molar-refractivity contribution is -0.140. The first-order valence-electron chi connectivity index (χ1n) is 7.22. The van der Waals surface area contributed by atoms with E-state index in [0.29, 0.717) is 12.3 Å². The molecule has 0 aromatic heterocycles. The smallest absolute Gasteiger partial charge is 0.307 e. The van der Waals surface area contributed by atoms with Crippen molar-refractivity contribution in [1.82, 2.24) is 5.32 Å². The van der Waals surface area contributed by atoms with Gasteiger partial charge in [0.25, 0.3) is 0 Å². The van der Waals surface area contributed by atoms with Crippen molar-refractivity contribution in [2.24, 2.45) is 17.8 Å². The van der Waals surface area contributed by atoms with Gasteiger partial charge < -0.3 is 10.4 Å². The third-order valence-electron chi connectivity index (χ3n) is 4.26. The van der Waals surface area contributed by atoms with Crippen molar-refractivity contribution in [2.45, 2.75) is 31.7 Å². The first kappa shape index (κ1) is 13.2. The molecule has 2 aliphatic carbocycles. The summed E-state index contributed by atoms with van der Waals surface area (Å²) in [6.07, 6.45) is 3.64. The fourth-order valence-corrected chi connectivity index (χ4v) is 2.75. The highest BCUT2D eigenvalue weighted by molar-refractivity contribution is 5.89. The zero-order valence-electron chi connectivity index (χ0n) is 11.3. The zero-order chi connectivity index (χ0) is 14.1. The predicted octanol–water partition coefficient (Wildman–Crippen LogP) is 1.84. The molecular weight excluding hydrogens is 254 g/mol. The lowest BCUT2D eigenvalue weighted by atomic mass is 10.0. The lowest BCUT2D eigenvalue weighted by Crippen LogP contribution is -2.39. The Morgan fingerprint density at radius 3 is 2.45 bits per heavy atom. The molecule has 1 aromatic rings. The molecule has 0 saturated heterocycles. The van der Waals surface area contributed by atoms with Crippen LogP contribution in [0.25, 0.3) is 0 Å². The third kappa shape index (κ3) is 3.00. The quantitative estimate of drug-likeness (QED) is 0.831. The number of benzene rings is 1. The molecule has 0 heterocycles. The van der Waals surface area contributed by atoms with Crippen molar-refractivity contribution >= 4 is 11.9 Å². The summed E-state index contributed by atoms with van der Waals surface area (Å²) in [5, 5.41) is 12.0. The van der Waals surface area contributed by atoms with Crippen LogP contribution in [0.4, 0.5) is 0 Å². The van der Waals surface area contributed by atoms with E-state index in [-0.39, 0.29) is 17.9 Å². The number of hydrogen-bond donors (Lipinski definition) is 2. The minimum atomic E-state index is -0.851. The molecule has 3 atom stereocenters. The molecule has 0 unspecified atom stereocenters. The summed E-state index contributed by atoms with van der Waals surface area (Å²) in [5.41, 5.74) is 1.22. The highest BCUT2D eigenvalue weighted by atomic mass is 16.4. The van der Waals surface area contributed by atoms with Crippen LogP contribution in [0, 0.1) is 17.8 Å². The predicted molar refractivity (Wildman–Crippen MR) is 74.0 cm³/mol. The second-order valence-electron chi connectivity index (χ2n) is 5.93. The molecule has 1 amide bonds. The SMILES string of the molecule is O=C(O)[C@@H]1C[C@H]1C(=O)N[C@@H](Cc1ccccc1)C1CC1. The fourth-order valence-electron chi connectivity index (χ4n) is 2.75. The molecule has 106 valence electrons. The maximum atomic E-state index is 12.1. The third-order valence-corrected chi connectivity index (χ3v) is 4.26. The number of carbonyl (C=O) groups is 2. The van der Waals surface area contributed by atoms with E-state index in [4.69, 9.17) is 5.11 Å². The summed E-state index contributed by atoms with van der Waals surface area (Å²) in [4.78, 5) is 22.9. The lowest BCUT2D eigenvalue weighted by Gasteiger charge is -2.18. The number of carboxylic acid groups (broad SMARTS) is 1. The number of nitrogens with one attached hydrogen (secondary N) is 1. The van der Waals surface area contributed by atoms with E-state index in [1.807, 2.05) is 18.2 Å². The van der Waals surface area contributed by atoms with Gasteiger partial charge in [-0.25, -0.2) is 0 Å². The minimum absolute atomic E-state index is 0.0785. The molecule has 2 N–H and O–H groups in total. The van der Waals surface area contributed by atoms with Crippen LogP contribution in [0.1, 0.15) is 24.8 Å². The minimum Gasteiger partial charge on any atom is -0.481 e. The van der Waals surface area contributed by atoms with Crippen LogP contribution in [0.15, 0.2) is 30.3 Å². The summed E-state index contributed by atoms with van der Waals surface area (Å²) >= 11 is 0. The number of amides is 1. The van der Waals surface area contributed by atoms with E-state index in [9.17, 15) is 9.59 Å². The van der Waals surface area contributed by atoms with Crippen molar-refractivity contribution in [3.63, 3.8) is 0 Å². The molecule has 1 aromatic carbocycles. The average molecular weight is 273 g/mol. The Balaban J connectivity index is 1.58. The van der Waals surface area contributed by atoms with Gasteiger partial charge in [-0.05, 0) is 37.2 Å². The average Bonchev–Trinajstić information content (AvgIpc) is 3.29. The Labute approximate surface area is 118 Å². The van der Waals surface area contributed by atoms with Gasteiger partial charge in [-0.1, -0.05) is 30.3 Å². The van der Waals surface area contributed by atoms with Crippen LogP contribution in [-0.2, 0) is 16.0 Å². The van der Waals surface area contributed by atoms with Crippen LogP contribution in [-0.4, -0.2) is 23.0 Å². The highest BCUT2D eigenvalue weighted by Gasteiger charge is 2.49. The number of carbonyl (C=O) groups excluding carboxylic acids is 1. The molecule has 2 saturated carbocycles. The second-order valence-corrected chi connectivity index (χ2v) is 5.93. The van der Waals surface area contributed by atoms with Gasteiger partial charge >= 0.3 is 5.97 Å². The Morgan fingerprint density at radius 1 is 1.20 bits per heavy atom. The first-order valence-corrected chi connectivity index (χ1v) is 7.22. The van der Waals surface area contributed by atoms with Gasteiger partial charge in [-0.3, -0.25) is 9.59 Å². The van der Waals surface area contributed by atoms with Crippen molar-refractivity contribution in [2.75, 3.05) is 0 Å². The van der Waals surface area contributed by atoms with Gasteiger partial charge in [0.05, 0.1) is 11.8 Å². The second kappa shape index (κ2) is 5.27. The molecule has 4 heteroatoms. The van der Waals surface area contributed by atoms with Crippen molar-refractivity contribution in [1.29, 1.82) is 0 Å². The molecule has 2 fully saturated rings. The fraction of sp³-hybridized carbons (Fsp3) is 0.500. The van der Waals surface area contributed by atoms with E-state index in [1.165, 1.54) is 5.56 Å². The van der Waals surface area contributed by atoms with Gasteiger partial charge in [-0.2, -0.15) is 0 Å². The summed E-state index contributed by atoms with van der Waals surface area (Å²) in [6, 6.07) is 10.3. The standard InChI is InChI=1S/C16H19NO3/c18-15(12-9-13(12)16(19)20)17-14(11-6-7-11)8-10-4-2-1-3-5-10/h1-5,11-14H,6-9H2,(H,17,18)(H,19,20)/t12-,13-,14+/m1/s1. The van der Waals surface area contributed by atoms with Crippen LogP contribution in [0.3, 0.4) is 0 Å². The maximum Gasteiger partial charge on any atom is 0.307 e. The summed E-state index contributed by atoms with van der Waals surface area (Å²) < 4.78 is 0. The van der Waals surface area contributed by atoms with Crippen molar-refractivity contribution in [3.05, 3.63) is 35.9 Å². The first-order chi connectivity index (χ1) is 9.65. The van der Waals surface area contributed by atoms with Crippen LogP contribution in [0.5, 0.6) is 0 Å². The molecule has 3 rings (SSSR count). The number of carboxylic acids is 1.